The maximum atomic E-state index is 2.51. The van der Waals surface area contributed by atoms with Crippen molar-refractivity contribution in [2.24, 2.45) is 0 Å². The molecule has 3 aliphatic rings. The van der Waals surface area contributed by atoms with Crippen molar-refractivity contribution in [2.45, 2.75) is 32.1 Å². The second-order valence-corrected chi connectivity index (χ2v) is 19.2. The molecule has 0 bridgehead atoms. The van der Waals surface area contributed by atoms with Gasteiger partial charge in [0, 0.05) is 52.4 Å². The number of para-hydroxylation sites is 4. The van der Waals surface area contributed by atoms with Crippen molar-refractivity contribution in [1.29, 1.82) is 0 Å². The molecule has 316 valence electrons. The minimum absolute atomic E-state index is 0.223. The first kappa shape index (κ1) is 38.1. The van der Waals surface area contributed by atoms with Crippen LogP contribution in [0.5, 0.6) is 0 Å². The number of hydrogen-bond acceptors (Lipinski definition) is 2. The minimum atomic E-state index is -0.223. The van der Waals surface area contributed by atoms with Gasteiger partial charge in [0.25, 0.3) is 0 Å². The number of fused-ring (bicyclic) bond motifs is 10. The van der Waals surface area contributed by atoms with Crippen molar-refractivity contribution < 1.29 is 0 Å². The normalized spacial score (nSPS) is 14.1. The van der Waals surface area contributed by atoms with Gasteiger partial charge >= 0.3 is 0 Å². The van der Waals surface area contributed by atoms with Crippen LogP contribution < -0.4 is 9.80 Å². The van der Waals surface area contributed by atoms with Gasteiger partial charge in [-0.25, -0.2) is 0 Å². The number of benzene rings is 11. The van der Waals surface area contributed by atoms with E-state index in [9.17, 15) is 0 Å². The Morgan fingerprint density at radius 3 is 1.33 bits per heavy atom. The van der Waals surface area contributed by atoms with Crippen molar-refractivity contribution >= 4 is 66.4 Å². The molecule has 1 aliphatic carbocycles. The summed E-state index contributed by atoms with van der Waals surface area (Å²) in [6, 6.07) is 82.2. The monoisotopic (exact) mass is 854 g/mol. The molecule has 2 aliphatic heterocycles. The Kier molecular flexibility index (Phi) is 8.19. The van der Waals surface area contributed by atoms with E-state index in [1.54, 1.807) is 0 Å². The zero-order valence-electron chi connectivity index (χ0n) is 37.6. The van der Waals surface area contributed by atoms with Gasteiger partial charge in [0.15, 0.2) is 0 Å². The Bertz CT molecular complexity index is 3780. The molecule has 0 unspecified atom stereocenters. The lowest BCUT2D eigenvalue weighted by atomic mass is 9.76. The Balaban J connectivity index is 1.14. The van der Waals surface area contributed by atoms with Crippen LogP contribution in [0.25, 0.3) is 65.7 Å². The van der Waals surface area contributed by atoms with Crippen LogP contribution in [0.4, 0.5) is 34.1 Å². The molecule has 0 atom stereocenters. The second-order valence-electron chi connectivity index (χ2n) is 19.2. The van der Waals surface area contributed by atoms with Crippen molar-refractivity contribution in [3.8, 4) is 33.4 Å². The summed E-state index contributed by atoms with van der Waals surface area (Å²) in [5, 5.41) is 7.45. The molecule has 11 aromatic rings. The molecule has 0 saturated heterocycles. The highest BCUT2D eigenvalue weighted by Gasteiger charge is 2.38. The predicted molar refractivity (Wildman–Crippen MR) is 282 cm³/mol. The van der Waals surface area contributed by atoms with E-state index in [0.717, 1.165) is 24.2 Å². The molecule has 67 heavy (non-hydrogen) atoms. The lowest BCUT2D eigenvalue weighted by molar-refractivity contribution is 0.662. The van der Waals surface area contributed by atoms with Crippen LogP contribution in [0.15, 0.2) is 218 Å². The molecule has 11 aromatic carbocycles. The Morgan fingerprint density at radius 2 is 0.746 bits per heavy atom. The van der Waals surface area contributed by atoms with E-state index in [4.69, 9.17) is 0 Å². The second kappa shape index (κ2) is 14.4. The molecule has 2 heteroatoms. The SMILES string of the molecule is CC1(C)c2ccccc2-c2cccc(-c3c4cc(N5c6ccccc6Cc6ccccc65)ccc4c(-c4cccc5ccccc45)c4cc(N5c6ccccc6Cc6ccccc65)ccc34)c21. The Morgan fingerprint density at radius 1 is 0.328 bits per heavy atom. The summed E-state index contributed by atoms with van der Waals surface area (Å²) in [7, 11) is 0. The molecular weight excluding hydrogens is 809 g/mol. The lowest BCUT2D eigenvalue weighted by Crippen LogP contribution is -2.18. The molecule has 2 nitrogen and oxygen atoms in total. The standard InChI is InChI=1S/C65H46N2/c1-65(2)57-28-10-9-24-49(57)53-26-16-27-54(64(53)65)63-52-36-34-46(66-58-29-11-4-18-42(58)37-43-19-5-12-30-59(43)66)39-55(52)62(50-25-15-22-41-17-3-8-23-48(41)50)51-35-33-47(40-56(51)63)67-60-31-13-6-20-44(60)38-45-21-7-14-32-61(45)67/h3-36,39-40H,37-38H2,1-2H3. The summed E-state index contributed by atoms with van der Waals surface area (Å²) in [6.07, 6.45) is 1.83. The first-order valence-corrected chi connectivity index (χ1v) is 23.7. The van der Waals surface area contributed by atoms with E-state index in [0.29, 0.717) is 0 Å². The molecule has 2 heterocycles. The average molecular weight is 855 g/mol. The first-order chi connectivity index (χ1) is 33.0. The summed E-state index contributed by atoms with van der Waals surface area (Å²) in [5.74, 6) is 0. The third-order valence-electron chi connectivity index (χ3n) is 15.2. The van der Waals surface area contributed by atoms with Crippen molar-refractivity contribution in [1.82, 2.24) is 0 Å². The van der Waals surface area contributed by atoms with E-state index in [1.165, 1.54) is 122 Å². The number of rotatable bonds is 4. The summed E-state index contributed by atoms with van der Waals surface area (Å²) >= 11 is 0. The summed E-state index contributed by atoms with van der Waals surface area (Å²) in [4.78, 5) is 5.00. The van der Waals surface area contributed by atoms with E-state index in [-0.39, 0.29) is 5.41 Å². The van der Waals surface area contributed by atoms with E-state index < -0.39 is 0 Å². The molecule has 0 fully saturated rings. The largest absolute Gasteiger partial charge is 0.310 e. The fourth-order valence-corrected chi connectivity index (χ4v) is 12.3. The van der Waals surface area contributed by atoms with Gasteiger partial charge in [0.2, 0.25) is 0 Å². The smallest absolute Gasteiger partial charge is 0.0497 e. The molecule has 0 amide bonds. The lowest BCUT2D eigenvalue weighted by Gasteiger charge is -2.34. The highest BCUT2D eigenvalue weighted by atomic mass is 15.2. The highest BCUT2D eigenvalue weighted by Crippen LogP contribution is 2.56. The number of hydrogen-bond donors (Lipinski definition) is 0. The zero-order valence-corrected chi connectivity index (χ0v) is 37.6. The number of nitrogens with zero attached hydrogens (tertiary/aromatic N) is 2. The summed E-state index contributed by atoms with van der Waals surface area (Å²) in [5.41, 5.74) is 22.9. The van der Waals surface area contributed by atoms with E-state index in [1.807, 2.05) is 0 Å². The van der Waals surface area contributed by atoms with Crippen molar-refractivity contribution in [2.75, 3.05) is 9.80 Å². The predicted octanol–water partition coefficient (Wildman–Crippen LogP) is 17.5. The quantitative estimate of drug-likeness (QED) is 0.163. The molecule has 14 rings (SSSR count). The van der Waals surface area contributed by atoms with Gasteiger partial charge in [-0.15, -0.1) is 0 Å². The molecule has 0 saturated carbocycles. The maximum absolute atomic E-state index is 2.51. The van der Waals surface area contributed by atoms with Gasteiger partial charge in [0.05, 0.1) is 0 Å². The summed E-state index contributed by atoms with van der Waals surface area (Å²) < 4.78 is 0. The molecule has 0 radical (unpaired) electrons. The van der Waals surface area contributed by atoms with Gasteiger partial charge in [-0.3, -0.25) is 0 Å². The average Bonchev–Trinajstić information content (AvgIpc) is 3.62. The van der Waals surface area contributed by atoms with Gasteiger partial charge in [-0.1, -0.05) is 184 Å². The van der Waals surface area contributed by atoms with E-state index in [2.05, 4.69) is 242 Å². The van der Waals surface area contributed by atoms with Crippen molar-refractivity contribution in [3.63, 3.8) is 0 Å². The maximum Gasteiger partial charge on any atom is 0.0497 e. The third-order valence-corrected chi connectivity index (χ3v) is 15.2. The third kappa shape index (κ3) is 5.57. The zero-order chi connectivity index (χ0) is 44.4. The Hall–Kier alpha value is -8.20. The molecular formula is C65H46N2. The first-order valence-electron chi connectivity index (χ1n) is 23.7. The topological polar surface area (TPSA) is 6.48 Å². The van der Waals surface area contributed by atoms with Crippen LogP contribution in [0.1, 0.15) is 47.2 Å². The molecule has 0 aromatic heterocycles. The van der Waals surface area contributed by atoms with Gasteiger partial charge in [-0.05, 0) is 148 Å². The van der Waals surface area contributed by atoms with Crippen LogP contribution in [0.2, 0.25) is 0 Å². The molecule has 0 N–H and O–H groups in total. The van der Waals surface area contributed by atoms with Crippen molar-refractivity contribution in [3.05, 3.63) is 252 Å². The number of anilines is 6. The van der Waals surface area contributed by atoms with E-state index >= 15 is 0 Å². The molecule has 0 spiro atoms. The summed E-state index contributed by atoms with van der Waals surface area (Å²) in [6.45, 7) is 4.85. The fourth-order valence-electron chi connectivity index (χ4n) is 12.3. The minimum Gasteiger partial charge on any atom is -0.310 e. The van der Waals surface area contributed by atoms with Crippen LogP contribution in [-0.4, -0.2) is 0 Å². The van der Waals surface area contributed by atoms with Crippen LogP contribution in [0, 0.1) is 0 Å². The Labute approximate surface area is 391 Å². The highest BCUT2D eigenvalue weighted by molar-refractivity contribution is 6.25. The van der Waals surface area contributed by atoms with Crippen LogP contribution in [0.3, 0.4) is 0 Å². The van der Waals surface area contributed by atoms with Gasteiger partial charge < -0.3 is 9.80 Å². The van der Waals surface area contributed by atoms with Gasteiger partial charge in [-0.2, -0.15) is 0 Å². The fraction of sp³-hybridized carbons (Fsp3) is 0.0769. The van der Waals surface area contributed by atoms with Crippen LogP contribution in [-0.2, 0) is 18.3 Å². The van der Waals surface area contributed by atoms with Crippen LogP contribution >= 0.6 is 0 Å². The van der Waals surface area contributed by atoms with Gasteiger partial charge in [0.1, 0.15) is 0 Å².